The molecule has 0 saturated heterocycles. The van der Waals surface area contributed by atoms with E-state index in [0.717, 1.165) is 64.2 Å². The first-order chi connectivity index (χ1) is 21.4. The Labute approximate surface area is 269 Å². The van der Waals surface area contributed by atoms with Gasteiger partial charge >= 0.3 is 11.9 Å². The second-order valence-electron chi connectivity index (χ2n) is 11.9. The summed E-state index contributed by atoms with van der Waals surface area (Å²) < 4.78 is 5.85. The topological polar surface area (TPSA) is 119 Å². The van der Waals surface area contributed by atoms with Crippen molar-refractivity contribution >= 4 is 17.8 Å². The Morgan fingerprint density at radius 1 is 0.682 bits per heavy atom. The Balaban J connectivity index is 4.37. The van der Waals surface area contributed by atoms with Gasteiger partial charge in [0.2, 0.25) is 5.91 Å². The molecule has 4 N–H and O–H groups in total. The van der Waals surface area contributed by atoms with Gasteiger partial charge < -0.3 is 20.9 Å². The van der Waals surface area contributed by atoms with E-state index in [2.05, 4.69) is 49.5 Å². The van der Waals surface area contributed by atoms with E-state index in [1.807, 2.05) is 6.08 Å². The monoisotopic (exact) mass is 618 g/mol. The maximum atomic E-state index is 12.6. The Hall–Kier alpha value is -2.41. The van der Waals surface area contributed by atoms with Crippen molar-refractivity contribution in [2.24, 2.45) is 5.73 Å². The highest BCUT2D eigenvalue weighted by molar-refractivity contribution is 5.83. The summed E-state index contributed by atoms with van der Waals surface area (Å²) in [6, 6.07) is -0.873. The first-order valence-corrected chi connectivity index (χ1v) is 17.8. The third kappa shape index (κ3) is 28.4. The third-order valence-electron chi connectivity index (χ3n) is 7.66. The normalized spacial score (nSPS) is 13.2. The quantitative estimate of drug-likeness (QED) is 0.0405. The smallest absolute Gasteiger partial charge is 0.326 e. The number of carboxylic acid groups (broad SMARTS) is 1. The van der Waals surface area contributed by atoms with Crippen molar-refractivity contribution in [1.82, 2.24) is 5.32 Å². The molecule has 0 spiro atoms. The van der Waals surface area contributed by atoms with Crippen molar-refractivity contribution in [1.29, 1.82) is 0 Å². The summed E-state index contributed by atoms with van der Waals surface area (Å²) in [6.45, 7) is 4.83. The highest BCUT2D eigenvalue weighted by Crippen LogP contribution is 2.14. The molecule has 0 rings (SSSR count). The van der Waals surface area contributed by atoms with Gasteiger partial charge in [0.1, 0.15) is 12.1 Å². The van der Waals surface area contributed by atoms with Gasteiger partial charge in [0.15, 0.2) is 0 Å². The van der Waals surface area contributed by atoms with Crippen molar-refractivity contribution in [3.05, 3.63) is 36.5 Å². The molecule has 0 heterocycles. The number of carboxylic acids is 1. The molecule has 0 aliphatic carbocycles. The van der Waals surface area contributed by atoms with Crippen LogP contribution in [0.4, 0.5) is 0 Å². The standard InChI is InChI=1S/C37H66N2O5/c1-3-5-7-9-11-12-13-14-15-17-19-25-31-36(41)44-33(27-22-18-16-10-8-6-4-2)28-23-20-21-24-30-35(40)39-34(37(42)43)29-26-32-38/h10-12,16,22,27,33-34H,3-9,13-15,17-21,23-26,28-32,38H2,1-2H3,(H,39,40)(H,42,43)/b12-11-,16-10-,27-22-. The Morgan fingerprint density at radius 2 is 1.27 bits per heavy atom. The van der Waals surface area contributed by atoms with Crippen molar-refractivity contribution in [2.75, 3.05) is 6.54 Å². The summed E-state index contributed by atoms with van der Waals surface area (Å²) >= 11 is 0. The van der Waals surface area contributed by atoms with Crippen LogP contribution in [0.2, 0.25) is 0 Å². The molecule has 0 radical (unpaired) electrons. The Kier molecular flexibility index (Phi) is 30.2. The number of carbonyl (C=O) groups is 3. The molecule has 2 unspecified atom stereocenters. The number of esters is 1. The third-order valence-corrected chi connectivity index (χ3v) is 7.66. The van der Waals surface area contributed by atoms with E-state index in [9.17, 15) is 19.5 Å². The van der Waals surface area contributed by atoms with E-state index < -0.39 is 12.0 Å². The van der Waals surface area contributed by atoms with Crippen LogP contribution in [0.1, 0.15) is 162 Å². The number of nitrogens with one attached hydrogen (secondary N) is 1. The first-order valence-electron chi connectivity index (χ1n) is 17.8. The lowest BCUT2D eigenvalue weighted by molar-refractivity contribution is -0.147. The predicted octanol–water partition coefficient (Wildman–Crippen LogP) is 9.11. The zero-order chi connectivity index (χ0) is 32.5. The van der Waals surface area contributed by atoms with Crippen LogP contribution < -0.4 is 11.1 Å². The fourth-order valence-corrected chi connectivity index (χ4v) is 4.91. The number of amides is 1. The van der Waals surface area contributed by atoms with Gasteiger partial charge in [-0.05, 0) is 89.7 Å². The zero-order valence-electron chi connectivity index (χ0n) is 28.2. The molecular weight excluding hydrogens is 552 g/mol. The maximum Gasteiger partial charge on any atom is 0.326 e. The van der Waals surface area contributed by atoms with Crippen LogP contribution in [0.3, 0.4) is 0 Å². The molecule has 0 fully saturated rings. The molecule has 7 heteroatoms. The van der Waals surface area contributed by atoms with Gasteiger partial charge in [-0.25, -0.2) is 4.79 Å². The van der Waals surface area contributed by atoms with Gasteiger partial charge in [0.25, 0.3) is 0 Å². The molecular formula is C37H66N2O5. The second-order valence-corrected chi connectivity index (χ2v) is 11.9. The van der Waals surface area contributed by atoms with Crippen LogP contribution in [-0.2, 0) is 19.1 Å². The second kappa shape index (κ2) is 32.0. The van der Waals surface area contributed by atoms with Gasteiger partial charge in [0.05, 0.1) is 0 Å². The average Bonchev–Trinajstić information content (AvgIpc) is 3.00. The van der Waals surface area contributed by atoms with Crippen molar-refractivity contribution in [3.8, 4) is 0 Å². The molecule has 0 aromatic rings. The number of hydrogen-bond acceptors (Lipinski definition) is 5. The fourth-order valence-electron chi connectivity index (χ4n) is 4.91. The predicted molar refractivity (Wildman–Crippen MR) is 183 cm³/mol. The van der Waals surface area contributed by atoms with Gasteiger partial charge in [-0.2, -0.15) is 0 Å². The number of nitrogens with two attached hydrogens (primary N) is 1. The Morgan fingerprint density at radius 3 is 1.95 bits per heavy atom. The fraction of sp³-hybridized carbons (Fsp3) is 0.757. The minimum Gasteiger partial charge on any atom is -0.480 e. The Bertz CT molecular complexity index is 793. The number of aliphatic carboxylic acids is 1. The van der Waals surface area contributed by atoms with Crippen LogP contribution in [0, 0.1) is 0 Å². The summed E-state index contributed by atoms with van der Waals surface area (Å²) in [6.07, 6.45) is 34.9. The molecule has 1 amide bonds. The number of allylic oxidation sites excluding steroid dienone is 5. The summed E-state index contributed by atoms with van der Waals surface area (Å²) in [5.41, 5.74) is 5.46. The van der Waals surface area contributed by atoms with Gasteiger partial charge in [-0.15, -0.1) is 0 Å². The first kappa shape index (κ1) is 41.6. The SMILES string of the molecule is CCCC/C=C\C/C=C\C(CCCCCCC(=O)NC(CCCN)C(=O)O)OC(=O)CCCCCCC/C=C\CCCCC. The molecule has 0 aliphatic rings. The number of rotatable bonds is 31. The largest absolute Gasteiger partial charge is 0.480 e. The molecule has 44 heavy (non-hydrogen) atoms. The molecule has 0 saturated carbocycles. The number of carbonyl (C=O) groups excluding carboxylic acids is 2. The van der Waals surface area contributed by atoms with Crippen LogP contribution in [-0.4, -0.2) is 41.6 Å². The molecule has 0 aliphatic heterocycles. The summed E-state index contributed by atoms with van der Waals surface area (Å²) in [5.74, 6) is -1.37. The van der Waals surface area contributed by atoms with Gasteiger partial charge in [-0.3, -0.25) is 9.59 Å². The van der Waals surface area contributed by atoms with Crippen LogP contribution in [0.15, 0.2) is 36.5 Å². The van der Waals surface area contributed by atoms with Crippen LogP contribution in [0.25, 0.3) is 0 Å². The van der Waals surface area contributed by atoms with E-state index in [0.29, 0.717) is 38.6 Å². The number of ether oxygens (including phenoxy) is 1. The highest BCUT2D eigenvalue weighted by Gasteiger charge is 2.18. The molecule has 254 valence electrons. The molecule has 0 aromatic heterocycles. The lowest BCUT2D eigenvalue weighted by Crippen LogP contribution is -2.40. The lowest BCUT2D eigenvalue weighted by Gasteiger charge is -2.15. The number of hydrogen-bond donors (Lipinski definition) is 3. The lowest BCUT2D eigenvalue weighted by atomic mass is 10.1. The van der Waals surface area contributed by atoms with Gasteiger partial charge in [-0.1, -0.05) is 102 Å². The van der Waals surface area contributed by atoms with E-state index in [-0.39, 0.29) is 18.0 Å². The molecule has 7 nitrogen and oxygen atoms in total. The summed E-state index contributed by atoms with van der Waals surface area (Å²) in [5, 5.41) is 11.9. The van der Waals surface area contributed by atoms with E-state index in [1.54, 1.807) is 0 Å². The number of unbranched alkanes of at least 4 members (excludes halogenated alkanes) is 13. The van der Waals surface area contributed by atoms with Crippen LogP contribution >= 0.6 is 0 Å². The van der Waals surface area contributed by atoms with E-state index in [1.165, 1.54) is 51.4 Å². The minimum atomic E-state index is -1.02. The summed E-state index contributed by atoms with van der Waals surface area (Å²) in [4.78, 5) is 36.1. The maximum absolute atomic E-state index is 12.6. The van der Waals surface area contributed by atoms with Gasteiger partial charge in [0, 0.05) is 12.8 Å². The van der Waals surface area contributed by atoms with E-state index in [4.69, 9.17) is 10.5 Å². The minimum absolute atomic E-state index is 0.118. The van der Waals surface area contributed by atoms with Crippen molar-refractivity contribution < 1.29 is 24.2 Å². The molecule has 2 atom stereocenters. The van der Waals surface area contributed by atoms with Crippen molar-refractivity contribution in [3.63, 3.8) is 0 Å². The highest BCUT2D eigenvalue weighted by atomic mass is 16.5. The average molecular weight is 619 g/mol. The van der Waals surface area contributed by atoms with Crippen LogP contribution in [0.5, 0.6) is 0 Å². The van der Waals surface area contributed by atoms with Crippen molar-refractivity contribution in [2.45, 2.75) is 174 Å². The molecule has 0 bridgehead atoms. The molecule has 0 aromatic carbocycles. The summed E-state index contributed by atoms with van der Waals surface area (Å²) in [7, 11) is 0. The zero-order valence-corrected chi connectivity index (χ0v) is 28.2. The van der Waals surface area contributed by atoms with E-state index >= 15 is 0 Å².